The van der Waals surface area contributed by atoms with Crippen LogP contribution in [0.4, 0.5) is 0 Å². The van der Waals surface area contributed by atoms with Gasteiger partial charge in [-0.05, 0) is 62.7 Å². The monoisotopic (exact) mass is 426 g/mol. The molecule has 0 N–H and O–H groups in total. The van der Waals surface area contributed by atoms with Crippen LogP contribution < -0.4 is 0 Å². The van der Waals surface area contributed by atoms with E-state index in [4.69, 9.17) is 0 Å². The summed E-state index contributed by atoms with van der Waals surface area (Å²) in [4.78, 5) is 15.5. The van der Waals surface area contributed by atoms with Crippen LogP contribution in [0.1, 0.15) is 41.5 Å². The summed E-state index contributed by atoms with van der Waals surface area (Å²) in [6, 6.07) is 1.81. The average Bonchev–Trinajstić information content (AvgIpc) is 2.66. The predicted molar refractivity (Wildman–Crippen MR) is 133 cm³/mol. The minimum absolute atomic E-state index is 0.600. The summed E-state index contributed by atoms with van der Waals surface area (Å²) in [6.45, 7) is 27.9. The zero-order valence-corrected chi connectivity index (χ0v) is 21.9. The third-order valence-corrected chi connectivity index (χ3v) is 6.80. The molecule has 6 heteroatoms. The lowest BCUT2D eigenvalue weighted by Crippen LogP contribution is -2.47. The lowest BCUT2D eigenvalue weighted by molar-refractivity contribution is 0.121. The Morgan fingerprint density at radius 1 is 0.333 bits per heavy atom. The maximum absolute atomic E-state index is 2.66. The van der Waals surface area contributed by atoms with Gasteiger partial charge in [0.1, 0.15) is 0 Å². The van der Waals surface area contributed by atoms with Gasteiger partial charge >= 0.3 is 0 Å². The van der Waals surface area contributed by atoms with Gasteiger partial charge in [-0.15, -0.1) is 0 Å². The van der Waals surface area contributed by atoms with E-state index >= 15 is 0 Å². The number of nitrogens with zero attached hydrogens (tertiary/aromatic N) is 6. The Hall–Kier alpha value is -0.240. The van der Waals surface area contributed by atoms with Crippen LogP contribution in [0.5, 0.6) is 0 Å². The maximum atomic E-state index is 2.66. The Bertz CT molecular complexity index is 428. The van der Waals surface area contributed by atoms with E-state index < -0.39 is 0 Å². The van der Waals surface area contributed by atoms with E-state index in [2.05, 4.69) is 92.1 Å². The highest BCUT2D eigenvalue weighted by molar-refractivity contribution is 4.73. The van der Waals surface area contributed by atoms with Crippen LogP contribution in [0.2, 0.25) is 0 Å². The lowest BCUT2D eigenvalue weighted by atomic mass is 10.2. The topological polar surface area (TPSA) is 19.4 Å². The molecule has 0 aromatic heterocycles. The molecular formula is C24H54N6. The quantitative estimate of drug-likeness (QED) is 0.682. The molecule has 0 saturated carbocycles. The molecule has 0 unspecified atom stereocenters. The van der Waals surface area contributed by atoms with Crippen molar-refractivity contribution in [3.63, 3.8) is 0 Å². The molecule has 180 valence electrons. The first-order valence-electron chi connectivity index (χ1n) is 12.4. The summed E-state index contributed by atoms with van der Waals surface area (Å²) in [5, 5.41) is 0. The summed E-state index contributed by atoms with van der Waals surface area (Å²) in [7, 11) is 6.84. The van der Waals surface area contributed by atoms with E-state index in [-0.39, 0.29) is 0 Å². The third kappa shape index (κ3) is 11.4. The fourth-order valence-corrected chi connectivity index (χ4v) is 4.01. The van der Waals surface area contributed by atoms with Crippen LogP contribution >= 0.6 is 0 Å². The van der Waals surface area contributed by atoms with Gasteiger partial charge in [0.25, 0.3) is 0 Å². The molecule has 0 atom stereocenters. The lowest BCUT2D eigenvalue weighted by Gasteiger charge is -2.35. The summed E-state index contributed by atoms with van der Waals surface area (Å²) >= 11 is 0. The highest BCUT2D eigenvalue weighted by Crippen LogP contribution is 2.05. The predicted octanol–water partition coefficient (Wildman–Crippen LogP) is 1.93. The standard InChI is InChI=1S/C24H54N6/c1-22(2)28-16-12-25(7)10-11-26(8)13-18-29(23(3)4)20-21-30(24(5)6)19-15-27(9)14-17-28/h22-24H,10-21H2,1-9H3. The van der Waals surface area contributed by atoms with Gasteiger partial charge in [-0.2, -0.15) is 0 Å². The van der Waals surface area contributed by atoms with Crippen molar-refractivity contribution in [1.82, 2.24) is 29.4 Å². The van der Waals surface area contributed by atoms with Crippen LogP contribution in [-0.2, 0) is 0 Å². The van der Waals surface area contributed by atoms with Crippen LogP contribution in [0.25, 0.3) is 0 Å². The molecule has 1 aliphatic rings. The molecule has 30 heavy (non-hydrogen) atoms. The van der Waals surface area contributed by atoms with Crippen molar-refractivity contribution < 1.29 is 0 Å². The highest BCUT2D eigenvalue weighted by Gasteiger charge is 2.17. The van der Waals surface area contributed by atoms with Crippen molar-refractivity contribution in [3.8, 4) is 0 Å². The highest BCUT2D eigenvalue weighted by atomic mass is 15.3. The Kier molecular flexibility index (Phi) is 13.7. The Balaban J connectivity index is 2.79. The molecule has 0 bridgehead atoms. The maximum Gasteiger partial charge on any atom is 0.0113 e. The van der Waals surface area contributed by atoms with Crippen LogP contribution in [0.15, 0.2) is 0 Å². The molecule has 0 amide bonds. The van der Waals surface area contributed by atoms with Crippen molar-refractivity contribution in [1.29, 1.82) is 0 Å². The fourth-order valence-electron chi connectivity index (χ4n) is 4.01. The summed E-state index contributed by atoms with van der Waals surface area (Å²) < 4.78 is 0. The van der Waals surface area contributed by atoms with Crippen molar-refractivity contribution >= 4 is 0 Å². The number of rotatable bonds is 3. The third-order valence-electron chi connectivity index (χ3n) is 6.80. The Morgan fingerprint density at radius 3 is 0.700 bits per heavy atom. The molecule has 1 rings (SSSR count). The van der Waals surface area contributed by atoms with Crippen LogP contribution in [0, 0.1) is 0 Å². The number of likely N-dealkylation sites (N-methyl/N-ethyl adjacent to an activating group) is 3. The molecule has 1 aliphatic heterocycles. The van der Waals surface area contributed by atoms with Crippen LogP contribution in [-0.4, -0.2) is 147 Å². The zero-order valence-electron chi connectivity index (χ0n) is 21.9. The molecule has 0 radical (unpaired) electrons. The van der Waals surface area contributed by atoms with Crippen molar-refractivity contribution in [2.75, 3.05) is 99.7 Å². The number of hydrogen-bond donors (Lipinski definition) is 0. The largest absolute Gasteiger partial charge is 0.304 e. The summed E-state index contributed by atoms with van der Waals surface area (Å²) in [5.41, 5.74) is 0. The molecular weight excluding hydrogens is 372 g/mol. The first-order chi connectivity index (χ1) is 14.1. The van der Waals surface area contributed by atoms with Gasteiger partial charge in [0.05, 0.1) is 0 Å². The fraction of sp³-hybridized carbons (Fsp3) is 1.00. The van der Waals surface area contributed by atoms with Crippen molar-refractivity contribution in [2.24, 2.45) is 0 Å². The van der Waals surface area contributed by atoms with Crippen LogP contribution in [0.3, 0.4) is 0 Å². The van der Waals surface area contributed by atoms with E-state index in [1.54, 1.807) is 0 Å². The Morgan fingerprint density at radius 2 is 0.500 bits per heavy atom. The number of hydrogen-bond acceptors (Lipinski definition) is 6. The second-order valence-electron chi connectivity index (χ2n) is 10.3. The zero-order chi connectivity index (χ0) is 22.7. The van der Waals surface area contributed by atoms with E-state index in [0.29, 0.717) is 18.1 Å². The minimum atomic E-state index is 0.600. The molecule has 1 heterocycles. The first kappa shape index (κ1) is 27.8. The normalized spacial score (nSPS) is 24.0. The molecule has 0 aromatic rings. The van der Waals surface area contributed by atoms with E-state index in [1.165, 1.54) is 0 Å². The van der Waals surface area contributed by atoms with Gasteiger partial charge in [-0.25, -0.2) is 0 Å². The smallest absolute Gasteiger partial charge is 0.0113 e. The SMILES string of the molecule is CC(C)N1CCN(C)CCN(C)CCN(C(C)C)CCN(C(C)C)CCN(C)CC1. The molecule has 6 nitrogen and oxygen atoms in total. The van der Waals surface area contributed by atoms with Gasteiger partial charge in [0, 0.05) is 96.7 Å². The molecule has 0 aromatic carbocycles. The van der Waals surface area contributed by atoms with Gasteiger partial charge in [-0.3, -0.25) is 14.7 Å². The van der Waals surface area contributed by atoms with Crippen molar-refractivity contribution in [3.05, 3.63) is 0 Å². The van der Waals surface area contributed by atoms with Gasteiger partial charge in [-0.1, -0.05) is 0 Å². The second-order valence-corrected chi connectivity index (χ2v) is 10.3. The van der Waals surface area contributed by atoms with Gasteiger partial charge in [0.2, 0.25) is 0 Å². The second kappa shape index (κ2) is 14.8. The summed E-state index contributed by atoms with van der Waals surface area (Å²) in [6.07, 6.45) is 0. The molecule has 0 aliphatic carbocycles. The minimum Gasteiger partial charge on any atom is -0.304 e. The van der Waals surface area contributed by atoms with E-state index in [1.807, 2.05) is 0 Å². The van der Waals surface area contributed by atoms with Gasteiger partial charge in [0.15, 0.2) is 0 Å². The summed E-state index contributed by atoms with van der Waals surface area (Å²) in [5.74, 6) is 0. The van der Waals surface area contributed by atoms with E-state index in [9.17, 15) is 0 Å². The molecule has 0 spiro atoms. The molecule has 1 fully saturated rings. The van der Waals surface area contributed by atoms with Crippen molar-refractivity contribution in [2.45, 2.75) is 59.7 Å². The molecule has 1 saturated heterocycles. The first-order valence-corrected chi connectivity index (χ1v) is 12.4. The van der Waals surface area contributed by atoms with E-state index in [0.717, 1.165) is 78.5 Å². The van der Waals surface area contributed by atoms with Gasteiger partial charge < -0.3 is 14.7 Å². The Labute approximate surface area is 189 Å². The average molecular weight is 427 g/mol.